The topological polar surface area (TPSA) is 56.7 Å². The molecule has 5 nitrogen and oxygen atoms in total. The summed E-state index contributed by atoms with van der Waals surface area (Å²) in [6, 6.07) is 9.73. The Morgan fingerprint density at radius 1 is 1.21 bits per heavy atom. The number of rotatable bonds is 6. The van der Waals surface area contributed by atoms with E-state index in [4.69, 9.17) is 0 Å². The van der Waals surface area contributed by atoms with Crippen molar-refractivity contribution in [2.75, 3.05) is 32.7 Å². The number of amides is 1. The lowest BCUT2D eigenvalue weighted by Gasteiger charge is -2.35. The number of aryl methyl sites for hydroxylation is 1. The van der Waals surface area contributed by atoms with Gasteiger partial charge in [0.25, 0.3) is 0 Å². The van der Waals surface area contributed by atoms with Gasteiger partial charge in [0.05, 0.1) is 17.3 Å². The number of β-amino-alcohol motifs (C(OH)–C–C–N with tert-alkyl or cyclic N) is 1. The number of carbonyl (C=O) groups excluding carboxylic acids is 1. The Morgan fingerprint density at radius 2 is 1.96 bits per heavy atom. The smallest absolute Gasteiger partial charge is 0.223 e. The van der Waals surface area contributed by atoms with E-state index >= 15 is 0 Å². The maximum Gasteiger partial charge on any atom is 0.223 e. The summed E-state index contributed by atoms with van der Waals surface area (Å²) >= 11 is 1.56. The van der Waals surface area contributed by atoms with Gasteiger partial charge in [-0.1, -0.05) is 30.3 Å². The Labute approximate surface area is 146 Å². The van der Waals surface area contributed by atoms with Crippen LogP contribution in [-0.2, 0) is 11.2 Å². The molecule has 1 saturated heterocycles. The number of aliphatic hydroxyl groups is 1. The SMILES string of the molecule is O=C(CCc1cscn1)N1CCN(CC(O)c2ccccc2)CC1. The third-order valence-electron chi connectivity index (χ3n) is 4.42. The predicted octanol–water partition coefficient (Wildman–Crippen LogP) is 1.95. The van der Waals surface area contributed by atoms with E-state index in [0.717, 1.165) is 43.9 Å². The van der Waals surface area contributed by atoms with Crippen molar-refractivity contribution >= 4 is 17.2 Å². The molecule has 0 saturated carbocycles. The number of piperazine rings is 1. The molecule has 128 valence electrons. The zero-order chi connectivity index (χ0) is 16.8. The number of benzene rings is 1. The molecule has 1 aliphatic heterocycles. The van der Waals surface area contributed by atoms with Crippen LogP contribution in [0.25, 0.3) is 0 Å². The Morgan fingerprint density at radius 3 is 2.62 bits per heavy atom. The third kappa shape index (κ3) is 4.63. The van der Waals surface area contributed by atoms with E-state index in [1.807, 2.05) is 40.6 Å². The lowest BCUT2D eigenvalue weighted by atomic mass is 10.1. The molecule has 2 heterocycles. The summed E-state index contributed by atoms with van der Waals surface area (Å²) in [5.74, 6) is 0.200. The van der Waals surface area contributed by atoms with Gasteiger partial charge in [-0.05, 0) is 12.0 Å². The molecule has 2 aromatic rings. The predicted molar refractivity (Wildman–Crippen MR) is 94.9 cm³/mol. The van der Waals surface area contributed by atoms with Crippen LogP contribution in [0.4, 0.5) is 0 Å². The van der Waals surface area contributed by atoms with Crippen molar-refractivity contribution in [3.8, 4) is 0 Å². The van der Waals surface area contributed by atoms with Crippen molar-refractivity contribution in [1.82, 2.24) is 14.8 Å². The van der Waals surface area contributed by atoms with Crippen LogP contribution in [0, 0.1) is 0 Å². The van der Waals surface area contributed by atoms with Gasteiger partial charge < -0.3 is 10.0 Å². The average Bonchev–Trinajstić information content (AvgIpc) is 3.14. The minimum Gasteiger partial charge on any atom is -0.387 e. The fraction of sp³-hybridized carbons (Fsp3) is 0.444. The van der Waals surface area contributed by atoms with Crippen LogP contribution in [0.2, 0.25) is 0 Å². The quantitative estimate of drug-likeness (QED) is 0.869. The molecule has 3 rings (SSSR count). The highest BCUT2D eigenvalue weighted by Crippen LogP contribution is 2.15. The van der Waals surface area contributed by atoms with Gasteiger partial charge in [-0.25, -0.2) is 4.98 Å². The average molecular weight is 345 g/mol. The Bertz CT molecular complexity index is 625. The van der Waals surface area contributed by atoms with Crippen molar-refractivity contribution in [3.05, 3.63) is 52.5 Å². The molecule has 0 aliphatic carbocycles. The van der Waals surface area contributed by atoms with Gasteiger partial charge in [-0.15, -0.1) is 11.3 Å². The van der Waals surface area contributed by atoms with Crippen LogP contribution in [0.15, 0.2) is 41.2 Å². The van der Waals surface area contributed by atoms with Gasteiger partial charge in [0.2, 0.25) is 5.91 Å². The van der Waals surface area contributed by atoms with Crippen molar-refractivity contribution in [3.63, 3.8) is 0 Å². The Balaban J connectivity index is 1.41. The molecular formula is C18H23N3O2S. The summed E-state index contributed by atoms with van der Waals surface area (Å²) in [6.07, 6.45) is 0.768. The monoisotopic (exact) mass is 345 g/mol. The minimum atomic E-state index is -0.474. The van der Waals surface area contributed by atoms with E-state index in [9.17, 15) is 9.90 Å². The van der Waals surface area contributed by atoms with Gasteiger partial charge in [-0.3, -0.25) is 9.69 Å². The van der Waals surface area contributed by atoms with Crippen molar-refractivity contribution in [2.45, 2.75) is 18.9 Å². The number of hydrogen-bond acceptors (Lipinski definition) is 5. The van der Waals surface area contributed by atoms with Crippen LogP contribution in [-0.4, -0.2) is 58.5 Å². The molecule has 1 aliphatic rings. The largest absolute Gasteiger partial charge is 0.387 e. The maximum atomic E-state index is 12.3. The van der Waals surface area contributed by atoms with E-state index < -0.39 is 6.10 Å². The van der Waals surface area contributed by atoms with Crippen LogP contribution >= 0.6 is 11.3 Å². The highest BCUT2D eigenvalue weighted by molar-refractivity contribution is 7.07. The Kier molecular flexibility index (Phi) is 5.96. The second kappa shape index (κ2) is 8.37. The summed E-state index contributed by atoms with van der Waals surface area (Å²) in [7, 11) is 0. The molecule has 1 unspecified atom stereocenters. The summed E-state index contributed by atoms with van der Waals surface area (Å²) < 4.78 is 0. The fourth-order valence-electron chi connectivity index (χ4n) is 2.96. The molecule has 1 fully saturated rings. The van der Waals surface area contributed by atoms with E-state index in [0.29, 0.717) is 13.0 Å². The summed E-state index contributed by atoms with van der Waals surface area (Å²) in [5.41, 5.74) is 3.74. The molecule has 1 atom stereocenters. The number of aliphatic hydroxyl groups excluding tert-OH is 1. The normalized spacial score (nSPS) is 17.0. The molecule has 6 heteroatoms. The summed E-state index contributed by atoms with van der Waals surface area (Å²) in [6.45, 7) is 3.71. The fourth-order valence-corrected chi connectivity index (χ4v) is 3.55. The van der Waals surface area contributed by atoms with Crippen molar-refractivity contribution in [2.24, 2.45) is 0 Å². The van der Waals surface area contributed by atoms with Crippen LogP contribution in [0.1, 0.15) is 23.8 Å². The first-order chi connectivity index (χ1) is 11.7. The van der Waals surface area contributed by atoms with Gasteiger partial charge in [0.15, 0.2) is 0 Å². The second-order valence-corrected chi connectivity index (χ2v) is 6.81. The molecule has 1 N–H and O–H groups in total. The maximum absolute atomic E-state index is 12.3. The van der Waals surface area contributed by atoms with E-state index in [-0.39, 0.29) is 5.91 Å². The molecule has 24 heavy (non-hydrogen) atoms. The Hall–Kier alpha value is -1.76. The van der Waals surface area contributed by atoms with Gasteiger partial charge in [-0.2, -0.15) is 0 Å². The minimum absolute atomic E-state index is 0.200. The van der Waals surface area contributed by atoms with Gasteiger partial charge in [0, 0.05) is 44.5 Å². The lowest BCUT2D eigenvalue weighted by Crippen LogP contribution is -2.49. The first-order valence-electron chi connectivity index (χ1n) is 8.32. The molecule has 1 aromatic heterocycles. The molecule has 0 spiro atoms. The molecule has 0 radical (unpaired) electrons. The number of thiazole rings is 1. The van der Waals surface area contributed by atoms with E-state index in [1.54, 1.807) is 16.8 Å². The molecule has 1 aromatic carbocycles. The van der Waals surface area contributed by atoms with Crippen molar-refractivity contribution < 1.29 is 9.90 Å². The van der Waals surface area contributed by atoms with Crippen molar-refractivity contribution in [1.29, 1.82) is 0 Å². The van der Waals surface area contributed by atoms with Gasteiger partial charge >= 0.3 is 0 Å². The zero-order valence-electron chi connectivity index (χ0n) is 13.7. The first-order valence-corrected chi connectivity index (χ1v) is 9.27. The molecule has 1 amide bonds. The van der Waals surface area contributed by atoms with Crippen LogP contribution < -0.4 is 0 Å². The molecule has 0 bridgehead atoms. The number of carbonyl (C=O) groups is 1. The number of nitrogens with zero attached hydrogens (tertiary/aromatic N) is 3. The zero-order valence-corrected chi connectivity index (χ0v) is 14.5. The standard InChI is InChI=1S/C18H23N3O2S/c22-17(15-4-2-1-3-5-15)12-20-8-10-21(11-9-20)18(23)7-6-16-13-24-14-19-16/h1-5,13-14,17,22H,6-12H2. The lowest BCUT2D eigenvalue weighted by molar-refractivity contribution is -0.133. The number of hydrogen-bond donors (Lipinski definition) is 1. The summed E-state index contributed by atoms with van der Waals surface area (Å²) in [5, 5.41) is 12.3. The summed E-state index contributed by atoms with van der Waals surface area (Å²) in [4.78, 5) is 20.6. The van der Waals surface area contributed by atoms with E-state index in [2.05, 4.69) is 9.88 Å². The van der Waals surface area contributed by atoms with Crippen LogP contribution in [0.3, 0.4) is 0 Å². The van der Waals surface area contributed by atoms with Gasteiger partial charge in [0.1, 0.15) is 0 Å². The van der Waals surface area contributed by atoms with Crippen LogP contribution in [0.5, 0.6) is 0 Å². The highest BCUT2D eigenvalue weighted by Gasteiger charge is 2.22. The number of aromatic nitrogens is 1. The van der Waals surface area contributed by atoms with E-state index in [1.165, 1.54) is 0 Å². The highest BCUT2D eigenvalue weighted by atomic mass is 32.1. The molecular weight excluding hydrogens is 322 g/mol. The first kappa shape index (κ1) is 17.1. The third-order valence-corrected chi connectivity index (χ3v) is 5.05. The second-order valence-electron chi connectivity index (χ2n) is 6.09.